The fourth-order valence-corrected chi connectivity index (χ4v) is 5.02. The van der Waals surface area contributed by atoms with Crippen LogP contribution in [0.4, 0.5) is 0 Å². The van der Waals surface area contributed by atoms with Gasteiger partial charge in [0.15, 0.2) is 0 Å². The molecule has 190 valence electrons. The molecule has 0 unspecified atom stereocenters. The minimum atomic E-state index is -0.381. The lowest BCUT2D eigenvalue weighted by Gasteiger charge is -2.13. The minimum absolute atomic E-state index is 0.169. The van der Waals surface area contributed by atoms with Gasteiger partial charge < -0.3 is 4.74 Å². The molecule has 5 rings (SSSR count). The summed E-state index contributed by atoms with van der Waals surface area (Å²) >= 11 is 9.77. The first-order chi connectivity index (χ1) is 19.0. The van der Waals surface area contributed by atoms with Crippen LogP contribution < -0.4 is 10.2 Å². The number of carbonyl (C=O) groups excluding carboxylic acids is 1. The number of ether oxygens (including phenoxy) is 1. The van der Waals surface area contributed by atoms with Gasteiger partial charge in [0.25, 0.3) is 5.91 Å². The van der Waals surface area contributed by atoms with Crippen molar-refractivity contribution in [3.8, 4) is 23.1 Å². The number of hydrogen-bond donors (Lipinski definition) is 1. The predicted octanol–water partition coefficient (Wildman–Crippen LogP) is 7.53. The first kappa shape index (κ1) is 26.1. The Bertz CT molecular complexity index is 1750. The van der Waals surface area contributed by atoms with E-state index in [1.807, 2.05) is 66.7 Å². The van der Waals surface area contributed by atoms with Crippen molar-refractivity contribution in [2.45, 2.75) is 6.61 Å². The Morgan fingerprint density at radius 3 is 2.59 bits per heavy atom. The number of hydrogen-bond acceptors (Lipinski definition) is 5. The zero-order chi connectivity index (χ0) is 27.2. The normalized spacial score (nSPS) is 10.9. The maximum Gasteiger partial charge on any atom is 0.272 e. The van der Waals surface area contributed by atoms with Gasteiger partial charge in [-0.3, -0.25) is 4.79 Å². The molecule has 0 saturated carbocycles. The van der Waals surface area contributed by atoms with Crippen molar-refractivity contribution in [2.75, 3.05) is 0 Å². The number of pyridine rings is 1. The standard InChI is InChI=1S/C31H20BrClN4O2/c32-27-15-24(33)14-23(30(27)39-19-22-11-5-4-10-21(22)17-34)18-35-37-31(38)26-16-29(20-8-2-1-3-9-20)36-28-13-7-6-12-25(26)28/h1-16,18H,19H2,(H,37,38)/b35-18-. The quantitative estimate of drug-likeness (QED) is 0.156. The number of aromatic nitrogens is 1. The van der Waals surface area contributed by atoms with E-state index in [0.717, 1.165) is 16.5 Å². The predicted molar refractivity (Wildman–Crippen MR) is 157 cm³/mol. The van der Waals surface area contributed by atoms with Crippen LogP contribution in [0.5, 0.6) is 5.75 Å². The molecule has 6 nitrogen and oxygen atoms in total. The van der Waals surface area contributed by atoms with Gasteiger partial charge in [0, 0.05) is 27.1 Å². The number of nitrogens with one attached hydrogen (secondary N) is 1. The summed E-state index contributed by atoms with van der Waals surface area (Å²) in [6.07, 6.45) is 1.47. The summed E-state index contributed by atoms with van der Waals surface area (Å²) in [5.41, 5.74) is 7.21. The smallest absolute Gasteiger partial charge is 0.272 e. The summed E-state index contributed by atoms with van der Waals surface area (Å²) in [7, 11) is 0. The van der Waals surface area contributed by atoms with Gasteiger partial charge in [0.2, 0.25) is 0 Å². The van der Waals surface area contributed by atoms with Crippen LogP contribution in [-0.2, 0) is 6.61 Å². The van der Waals surface area contributed by atoms with Gasteiger partial charge in [-0.2, -0.15) is 10.4 Å². The third-order valence-electron chi connectivity index (χ3n) is 5.95. The van der Waals surface area contributed by atoms with Gasteiger partial charge in [-0.15, -0.1) is 0 Å². The van der Waals surface area contributed by atoms with Gasteiger partial charge in [-0.25, -0.2) is 10.4 Å². The van der Waals surface area contributed by atoms with Crippen molar-refractivity contribution in [2.24, 2.45) is 5.10 Å². The highest BCUT2D eigenvalue weighted by atomic mass is 79.9. The van der Waals surface area contributed by atoms with E-state index >= 15 is 0 Å². The average Bonchev–Trinajstić information content (AvgIpc) is 2.96. The first-order valence-corrected chi connectivity index (χ1v) is 13.1. The largest absolute Gasteiger partial charge is 0.487 e. The van der Waals surface area contributed by atoms with E-state index in [-0.39, 0.29) is 12.5 Å². The second-order valence-electron chi connectivity index (χ2n) is 8.50. The number of para-hydroxylation sites is 1. The number of carbonyl (C=O) groups is 1. The van der Waals surface area contributed by atoms with Crippen LogP contribution in [0, 0.1) is 11.3 Å². The monoisotopic (exact) mass is 594 g/mol. The van der Waals surface area contributed by atoms with Crippen LogP contribution in [0.2, 0.25) is 5.02 Å². The summed E-state index contributed by atoms with van der Waals surface area (Å²) in [6, 6.07) is 31.7. The van der Waals surface area contributed by atoms with Crippen LogP contribution in [0.1, 0.15) is 27.0 Å². The fraction of sp³-hybridized carbons (Fsp3) is 0.0323. The Kier molecular flexibility index (Phi) is 7.97. The van der Waals surface area contributed by atoms with Crippen LogP contribution in [0.25, 0.3) is 22.2 Å². The topological polar surface area (TPSA) is 87.4 Å². The number of rotatable bonds is 7. The van der Waals surface area contributed by atoms with Crippen molar-refractivity contribution in [3.63, 3.8) is 0 Å². The van der Waals surface area contributed by atoms with Crippen molar-refractivity contribution in [1.29, 1.82) is 5.26 Å². The number of amides is 1. The fourth-order valence-electron chi connectivity index (χ4n) is 4.07. The molecular formula is C31H20BrClN4O2. The summed E-state index contributed by atoms with van der Waals surface area (Å²) in [5.74, 6) is 0.0967. The zero-order valence-electron chi connectivity index (χ0n) is 20.4. The highest BCUT2D eigenvalue weighted by Gasteiger charge is 2.15. The second-order valence-corrected chi connectivity index (χ2v) is 9.79. The molecule has 0 bridgehead atoms. The number of nitriles is 1. The molecule has 1 N–H and O–H groups in total. The molecule has 5 aromatic rings. The summed E-state index contributed by atoms with van der Waals surface area (Å²) < 4.78 is 6.66. The molecule has 4 aromatic carbocycles. The molecule has 0 spiro atoms. The van der Waals surface area contributed by atoms with Crippen LogP contribution in [-0.4, -0.2) is 17.1 Å². The number of halogens is 2. The van der Waals surface area contributed by atoms with E-state index in [1.165, 1.54) is 6.21 Å². The van der Waals surface area contributed by atoms with Crippen molar-refractivity contribution >= 4 is 50.6 Å². The lowest BCUT2D eigenvalue weighted by Crippen LogP contribution is -2.18. The molecule has 0 aliphatic carbocycles. The molecular weight excluding hydrogens is 576 g/mol. The SMILES string of the molecule is N#Cc1ccccc1COc1c(Br)cc(Cl)cc1/C=N\NC(=O)c1cc(-c2ccccc2)nc2ccccc12. The van der Waals surface area contributed by atoms with E-state index in [4.69, 9.17) is 21.3 Å². The minimum Gasteiger partial charge on any atom is -0.487 e. The number of fused-ring (bicyclic) bond motifs is 1. The lowest BCUT2D eigenvalue weighted by atomic mass is 10.0. The zero-order valence-corrected chi connectivity index (χ0v) is 22.8. The number of nitrogens with zero attached hydrogens (tertiary/aromatic N) is 3. The van der Waals surface area contributed by atoms with E-state index in [0.29, 0.717) is 43.1 Å². The third kappa shape index (κ3) is 5.99. The Balaban J connectivity index is 1.41. The Morgan fingerprint density at radius 1 is 1.03 bits per heavy atom. The third-order valence-corrected chi connectivity index (χ3v) is 6.75. The molecule has 1 aromatic heterocycles. The number of benzene rings is 4. The van der Waals surface area contributed by atoms with Gasteiger partial charge in [0.1, 0.15) is 12.4 Å². The van der Waals surface area contributed by atoms with Crippen molar-refractivity contribution < 1.29 is 9.53 Å². The molecule has 0 aliphatic rings. The summed E-state index contributed by atoms with van der Waals surface area (Å²) in [5, 5.41) is 14.8. The highest BCUT2D eigenvalue weighted by Crippen LogP contribution is 2.33. The van der Waals surface area contributed by atoms with Crippen LogP contribution in [0.15, 0.2) is 107 Å². The molecule has 0 radical (unpaired) electrons. The maximum absolute atomic E-state index is 13.3. The average molecular weight is 596 g/mol. The molecule has 0 saturated heterocycles. The Labute approximate surface area is 238 Å². The van der Waals surface area contributed by atoms with Crippen molar-refractivity contribution in [1.82, 2.24) is 10.4 Å². The number of hydrazone groups is 1. The van der Waals surface area contributed by atoms with Gasteiger partial charge in [-0.05, 0) is 46.3 Å². The first-order valence-electron chi connectivity index (χ1n) is 11.9. The second kappa shape index (κ2) is 11.9. The van der Waals surface area contributed by atoms with E-state index in [1.54, 1.807) is 30.3 Å². The van der Waals surface area contributed by atoms with E-state index in [2.05, 4.69) is 32.5 Å². The van der Waals surface area contributed by atoms with Gasteiger partial charge in [0.05, 0.1) is 39.1 Å². The van der Waals surface area contributed by atoms with Gasteiger partial charge in [-0.1, -0.05) is 78.3 Å². The highest BCUT2D eigenvalue weighted by molar-refractivity contribution is 9.10. The Morgan fingerprint density at radius 2 is 1.77 bits per heavy atom. The van der Waals surface area contributed by atoms with Crippen LogP contribution in [0.3, 0.4) is 0 Å². The molecule has 0 atom stereocenters. The molecule has 8 heteroatoms. The maximum atomic E-state index is 13.3. The summed E-state index contributed by atoms with van der Waals surface area (Å²) in [4.78, 5) is 18.0. The molecule has 39 heavy (non-hydrogen) atoms. The molecule has 0 fully saturated rings. The van der Waals surface area contributed by atoms with E-state index < -0.39 is 0 Å². The molecule has 0 aliphatic heterocycles. The van der Waals surface area contributed by atoms with Crippen LogP contribution >= 0.6 is 27.5 Å². The van der Waals surface area contributed by atoms with Crippen molar-refractivity contribution in [3.05, 3.63) is 129 Å². The summed E-state index contributed by atoms with van der Waals surface area (Å²) in [6.45, 7) is 0.169. The van der Waals surface area contributed by atoms with Gasteiger partial charge >= 0.3 is 0 Å². The molecule has 1 heterocycles. The lowest BCUT2D eigenvalue weighted by molar-refractivity contribution is 0.0956. The molecule has 1 amide bonds. The van der Waals surface area contributed by atoms with E-state index in [9.17, 15) is 10.1 Å². The Hall–Kier alpha value is -4.51.